The molecule has 0 unspecified atom stereocenters. The van der Waals surface area contributed by atoms with Gasteiger partial charge in [-0.05, 0) is 62.2 Å². The summed E-state index contributed by atoms with van der Waals surface area (Å²) < 4.78 is 28.8. The highest BCUT2D eigenvalue weighted by Crippen LogP contribution is 2.44. The molecule has 0 amide bonds. The second-order valence-electron chi connectivity index (χ2n) is 8.60. The first kappa shape index (κ1) is 24.8. The molecule has 1 N–H and O–H groups in total. The minimum atomic E-state index is -3.93. The van der Waals surface area contributed by atoms with Crippen LogP contribution >= 0.6 is 23.4 Å². The van der Waals surface area contributed by atoms with Crippen molar-refractivity contribution in [2.24, 2.45) is 5.92 Å². The van der Waals surface area contributed by atoms with Crippen LogP contribution in [0.5, 0.6) is 0 Å². The number of carbonyl (C=O) groups is 1. The van der Waals surface area contributed by atoms with E-state index in [2.05, 4.69) is 0 Å². The molecule has 0 aliphatic carbocycles. The zero-order valence-corrected chi connectivity index (χ0v) is 21.3. The highest BCUT2D eigenvalue weighted by molar-refractivity contribution is 8.00. The molecule has 0 spiro atoms. The predicted octanol–water partition coefficient (Wildman–Crippen LogP) is 5.95. The number of halogens is 1. The van der Waals surface area contributed by atoms with E-state index >= 15 is 0 Å². The Morgan fingerprint density at radius 2 is 1.50 bits per heavy atom. The summed E-state index contributed by atoms with van der Waals surface area (Å²) in [6.07, 6.45) is 0.363. The number of nitrogens with zero attached hydrogens (tertiary/aromatic N) is 1. The van der Waals surface area contributed by atoms with E-state index in [0.717, 1.165) is 21.6 Å². The highest BCUT2D eigenvalue weighted by atomic mass is 35.5. The molecule has 3 aromatic carbocycles. The molecule has 0 radical (unpaired) electrons. The number of rotatable bonds is 6. The van der Waals surface area contributed by atoms with E-state index in [-0.39, 0.29) is 16.7 Å². The lowest BCUT2D eigenvalue weighted by Gasteiger charge is -2.41. The van der Waals surface area contributed by atoms with Gasteiger partial charge in [0.15, 0.2) is 0 Å². The molecule has 0 saturated carbocycles. The van der Waals surface area contributed by atoms with E-state index in [9.17, 15) is 18.3 Å². The molecule has 1 aliphatic heterocycles. The molecular weight excluding hydrogens is 490 g/mol. The van der Waals surface area contributed by atoms with Crippen molar-refractivity contribution < 1.29 is 18.3 Å². The summed E-state index contributed by atoms with van der Waals surface area (Å²) >= 11 is 7.58. The maximum atomic E-state index is 13.7. The third-order valence-electron chi connectivity index (χ3n) is 6.14. The van der Waals surface area contributed by atoms with E-state index in [0.29, 0.717) is 11.4 Å². The average molecular weight is 516 g/mol. The minimum absolute atomic E-state index is 0.109. The first-order valence-electron chi connectivity index (χ1n) is 11.0. The number of benzene rings is 3. The lowest BCUT2D eigenvalue weighted by atomic mass is 9.90. The monoisotopic (exact) mass is 515 g/mol. The van der Waals surface area contributed by atoms with Crippen LogP contribution in [0, 0.1) is 19.8 Å². The average Bonchev–Trinajstić information content (AvgIpc) is 2.81. The summed E-state index contributed by atoms with van der Waals surface area (Å²) in [5.41, 5.74) is 2.86. The molecule has 3 atom stereocenters. The van der Waals surface area contributed by atoms with Gasteiger partial charge in [0.2, 0.25) is 10.0 Å². The summed E-state index contributed by atoms with van der Waals surface area (Å²) in [4.78, 5) is 13.4. The molecule has 1 fully saturated rings. The Labute approximate surface area is 209 Å². The van der Waals surface area contributed by atoms with Crippen LogP contribution < -0.4 is 0 Å². The summed E-state index contributed by atoms with van der Waals surface area (Å²) in [6, 6.07) is 21.2. The van der Waals surface area contributed by atoms with Crippen molar-refractivity contribution in [3.63, 3.8) is 0 Å². The van der Waals surface area contributed by atoms with Gasteiger partial charge in [-0.15, -0.1) is 11.8 Å². The topological polar surface area (TPSA) is 74.7 Å². The predicted molar refractivity (Wildman–Crippen MR) is 136 cm³/mol. The van der Waals surface area contributed by atoms with Crippen LogP contribution in [0.3, 0.4) is 0 Å². The van der Waals surface area contributed by atoms with Crippen molar-refractivity contribution in [2.75, 3.05) is 6.54 Å². The first-order chi connectivity index (χ1) is 16.1. The third kappa shape index (κ3) is 5.33. The van der Waals surface area contributed by atoms with Gasteiger partial charge < -0.3 is 5.11 Å². The Morgan fingerprint density at radius 3 is 2.06 bits per heavy atom. The molecule has 5 nitrogen and oxygen atoms in total. The molecule has 1 heterocycles. The first-order valence-corrected chi connectivity index (χ1v) is 13.6. The Balaban J connectivity index is 1.75. The Hall–Kier alpha value is -2.32. The van der Waals surface area contributed by atoms with Crippen molar-refractivity contribution in [3.05, 3.63) is 94.5 Å². The molecule has 3 aromatic rings. The van der Waals surface area contributed by atoms with E-state index in [1.54, 1.807) is 36.4 Å². The Bertz CT molecular complexity index is 1260. The highest BCUT2D eigenvalue weighted by Gasteiger charge is 2.45. The van der Waals surface area contributed by atoms with E-state index in [1.165, 1.54) is 16.1 Å². The summed E-state index contributed by atoms with van der Waals surface area (Å²) in [6.45, 7) is 3.78. The van der Waals surface area contributed by atoms with Crippen LogP contribution in [0.1, 0.15) is 29.2 Å². The zero-order chi connectivity index (χ0) is 24.5. The van der Waals surface area contributed by atoms with Crippen molar-refractivity contribution in [2.45, 2.75) is 41.4 Å². The second-order valence-corrected chi connectivity index (χ2v) is 12.2. The van der Waals surface area contributed by atoms with Crippen molar-refractivity contribution in [1.29, 1.82) is 0 Å². The number of carboxylic acids is 1. The van der Waals surface area contributed by atoms with Gasteiger partial charge >= 0.3 is 5.97 Å². The molecule has 0 bridgehead atoms. The van der Waals surface area contributed by atoms with Gasteiger partial charge in [0, 0.05) is 21.7 Å². The van der Waals surface area contributed by atoms with Gasteiger partial charge in [0.05, 0.1) is 16.9 Å². The van der Waals surface area contributed by atoms with Crippen molar-refractivity contribution in [3.8, 4) is 0 Å². The van der Waals surface area contributed by atoms with E-state index in [1.807, 2.05) is 50.2 Å². The Morgan fingerprint density at radius 1 is 0.941 bits per heavy atom. The molecule has 1 saturated heterocycles. The Kier molecular flexibility index (Phi) is 7.38. The van der Waals surface area contributed by atoms with Crippen LogP contribution in [0.25, 0.3) is 0 Å². The van der Waals surface area contributed by atoms with Crippen LogP contribution in [-0.4, -0.2) is 35.6 Å². The van der Waals surface area contributed by atoms with Gasteiger partial charge in [-0.2, -0.15) is 4.31 Å². The fourth-order valence-corrected chi connectivity index (χ4v) is 7.26. The number of hydrogen-bond donors (Lipinski definition) is 1. The van der Waals surface area contributed by atoms with Crippen LogP contribution in [0.4, 0.5) is 0 Å². The standard InChI is InChI=1S/C26H26ClNO4S2/c1-17-3-11-21(12-4-17)33-25-15-24(19-7-9-20(27)10-8-19)28(16-23(25)26(29)30)34(31,32)22-13-5-18(2)6-14-22/h3-14,23-25H,15-16H2,1-2H3,(H,29,30)/t23-,24+,25-/m1/s1. The fraction of sp³-hybridized carbons (Fsp3) is 0.269. The maximum absolute atomic E-state index is 13.7. The quantitative estimate of drug-likeness (QED) is 0.438. The minimum Gasteiger partial charge on any atom is -0.481 e. The van der Waals surface area contributed by atoms with Gasteiger partial charge in [-0.25, -0.2) is 8.42 Å². The summed E-state index contributed by atoms with van der Waals surface area (Å²) in [5, 5.41) is 10.3. The van der Waals surface area contributed by atoms with Gasteiger partial charge in [0.1, 0.15) is 0 Å². The van der Waals surface area contributed by atoms with Crippen molar-refractivity contribution >= 4 is 39.4 Å². The smallest absolute Gasteiger partial charge is 0.308 e. The number of hydrogen-bond acceptors (Lipinski definition) is 4. The molecule has 34 heavy (non-hydrogen) atoms. The van der Waals surface area contributed by atoms with E-state index in [4.69, 9.17) is 11.6 Å². The number of piperidine rings is 1. The lowest BCUT2D eigenvalue weighted by molar-refractivity contribution is -0.143. The molecule has 1 aliphatic rings. The van der Waals surface area contributed by atoms with Gasteiger partial charge in [-0.3, -0.25) is 4.79 Å². The largest absolute Gasteiger partial charge is 0.481 e. The maximum Gasteiger partial charge on any atom is 0.308 e. The normalized spacial score (nSPS) is 21.3. The van der Waals surface area contributed by atoms with Crippen LogP contribution in [0.15, 0.2) is 82.6 Å². The number of carboxylic acid groups (broad SMARTS) is 1. The van der Waals surface area contributed by atoms with Gasteiger partial charge in [0.25, 0.3) is 0 Å². The summed E-state index contributed by atoms with van der Waals surface area (Å²) in [5.74, 6) is -1.85. The molecule has 0 aromatic heterocycles. The molecule has 178 valence electrons. The van der Waals surface area contributed by atoms with E-state index < -0.39 is 28.0 Å². The lowest BCUT2D eigenvalue weighted by Crippen LogP contribution is -2.49. The molecular formula is C26H26ClNO4S2. The third-order valence-corrected chi connectivity index (χ3v) is 9.65. The number of aliphatic carboxylic acids is 1. The van der Waals surface area contributed by atoms with Crippen molar-refractivity contribution in [1.82, 2.24) is 4.31 Å². The number of thioether (sulfide) groups is 1. The molecule has 4 rings (SSSR count). The SMILES string of the molecule is Cc1ccc(S[C@@H]2C[C@@H](c3ccc(Cl)cc3)N(S(=O)(=O)c3ccc(C)cc3)C[C@H]2C(=O)O)cc1. The van der Waals surface area contributed by atoms with Crippen LogP contribution in [-0.2, 0) is 14.8 Å². The van der Waals surface area contributed by atoms with Crippen LogP contribution in [0.2, 0.25) is 5.02 Å². The number of aryl methyl sites for hydroxylation is 2. The molecule has 8 heteroatoms. The number of sulfonamides is 1. The summed E-state index contributed by atoms with van der Waals surface area (Å²) in [7, 11) is -3.93. The fourth-order valence-electron chi connectivity index (χ4n) is 4.20. The zero-order valence-electron chi connectivity index (χ0n) is 18.9. The van der Waals surface area contributed by atoms with Gasteiger partial charge in [-0.1, -0.05) is 59.1 Å². The second kappa shape index (κ2) is 10.1.